The molecule has 2 rings (SSSR count). The molecule has 17 heavy (non-hydrogen) atoms. The highest BCUT2D eigenvalue weighted by molar-refractivity contribution is 5.95. The molecule has 0 bridgehead atoms. The molecule has 1 saturated heterocycles. The number of rotatable bonds is 4. The van der Waals surface area contributed by atoms with Crippen LogP contribution in [-0.2, 0) is 4.74 Å². The van der Waals surface area contributed by atoms with Crippen molar-refractivity contribution in [3.8, 4) is 5.75 Å². The number of nitrogens with two attached hydrogens (primary N) is 1. The van der Waals surface area contributed by atoms with E-state index < -0.39 is 5.97 Å². The quantitative estimate of drug-likeness (QED) is 0.773. The smallest absolute Gasteiger partial charge is 0.337 e. The molecule has 0 spiro atoms. The minimum atomic E-state index is -1.04. The van der Waals surface area contributed by atoms with Crippen molar-refractivity contribution in [1.82, 2.24) is 0 Å². The van der Waals surface area contributed by atoms with Gasteiger partial charge in [0.1, 0.15) is 5.75 Å². The molecule has 0 saturated carbocycles. The molecule has 1 aliphatic heterocycles. The molecule has 0 aromatic heterocycles. The van der Waals surface area contributed by atoms with Crippen LogP contribution in [0.4, 0.5) is 5.69 Å². The fraction of sp³-hybridized carbons (Fsp3) is 0.417. The number of aromatic carboxylic acids is 1. The average molecular weight is 237 g/mol. The lowest BCUT2D eigenvalue weighted by atomic mass is 10.1. The third kappa shape index (κ3) is 2.68. The molecule has 1 atom stereocenters. The fourth-order valence-electron chi connectivity index (χ4n) is 1.78. The lowest BCUT2D eigenvalue weighted by Gasteiger charge is -2.13. The van der Waals surface area contributed by atoms with E-state index in [2.05, 4.69) is 0 Å². The summed E-state index contributed by atoms with van der Waals surface area (Å²) >= 11 is 0. The predicted molar refractivity (Wildman–Crippen MR) is 62.2 cm³/mol. The van der Waals surface area contributed by atoms with Gasteiger partial charge in [0.2, 0.25) is 0 Å². The second-order valence-corrected chi connectivity index (χ2v) is 4.06. The van der Waals surface area contributed by atoms with Gasteiger partial charge in [0.15, 0.2) is 0 Å². The van der Waals surface area contributed by atoms with Crippen molar-refractivity contribution in [1.29, 1.82) is 0 Å². The number of nitrogen functional groups attached to an aromatic ring is 1. The normalized spacial score (nSPS) is 19.2. The molecule has 0 amide bonds. The highest BCUT2D eigenvalue weighted by atomic mass is 16.5. The van der Waals surface area contributed by atoms with Gasteiger partial charge in [0.05, 0.1) is 24.5 Å². The molecular weight excluding hydrogens is 222 g/mol. The third-order valence-corrected chi connectivity index (χ3v) is 2.80. The number of carbonyl (C=O) groups is 1. The maximum atomic E-state index is 10.9. The first-order valence-corrected chi connectivity index (χ1v) is 5.51. The molecule has 1 aliphatic rings. The molecule has 3 N–H and O–H groups in total. The monoisotopic (exact) mass is 237 g/mol. The Kier molecular flexibility index (Phi) is 3.49. The van der Waals surface area contributed by atoms with E-state index in [1.807, 2.05) is 0 Å². The molecule has 0 radical (unpaired) electrons. The van der Waals surface area contributed by atoms with Gasteiger partial charge in [0, 0.05) is 12.5 Å². The van der Waals surface area contributed by atoms with Gasteiger partial charge in [-0.15, -0.1) is 0 Å². The minimum absolute atomic E-state index is 0.0742. The van der Waals surface area contributed by atoms with E-state index in [1.54, 1.807) is 12.1 Å². The Morgan fingerprint density at radius 3 is 3.06 bits per heavy atom. The lowest BCUT2D eigenvalue weighted by molar-refractivity contribution is 0.0697. The van der Waals surface area contributed by atoms with Crippen molar-refractivity contribution in [2.24, 2.45) is 5.92 Å². The molecule has 5 nitrogen and oxygen atoms in total. The zero-order valence-electron chi connectivity index (χ0n) is 9.39. The van der Waals surface area contributed by atoms with E-state index in [0.717, 1.165) is 13.0 Å². The van der Waals surface area contributed by atoms with Crippen LogP contribution in [0.1, 0.15) is 16.8 Å². The Hall–Kier alpha value is -1.75. The van der Waals surface area contributed by atoms with Crippen LogP contribution >= 0.6 is 0 Å². The highest BCUT2D eigenvalue weighted by Gasteiger charge is 2.18. The molecule has 1 aromatic carbocycles. The van der Waals surface area contributed by atoms with Crippen molar-refractivity contribution < 1.29 is 19.4 Å². The largest absolute Gasteiger partial charge is 0.491 e. The molecule has 1 aromatic rings. The lowest BCUT2D eigenvalue weighted by Crippen LogP contribution is -2.13. The van der Waals surface area contributed by atoms with Gasteiger partial charge in [-0.2, -0.15) is 0 Å². The summed E-state index contributed by atoms with van der Waals surface area (Å²) in [5.41, 5.74) is 5.99. The molecule has 1 unspecified atom stereocenters. The maximum Gasteiger partial charge on any atom is 0.337 e. The van der Waals surface area contributed by atoms with Crippen LogP contribution in [0.25, 0.3) is 0 Å². The molecule has 5 heteroatoms. The minimum Gasteiger partial charge on any atom is -0.491 e. The van der Waals surface area contributed by atoms with Gasteiger partial charge in [-0.3, -0.25) is 0 Å². The van der Waals surface area contributed by atoms with E-state index in [-0.39, 0.29) is 11.3 Å². The molecule has 1 fully saturated rings. The summed E-state index contributed by atoms with van der Waals surface area (Å²) in [6, 6.07) is 4.76. The van der Waals surface area contributed by atoms with Crippen LogP contribution in [0, 0.1) is 5.92 Å². The summed E-state index contributed by atoms with van der Waals surface area (Å²) < 4.78 is 10.8. The van der Waals surface area contributed by atoms with Gasteiger partial charge in [-0.25, -0.2) is 4.79 Å². The predicted octanol–water partition coefficient (Wildman–Crippen LogP) is 1.38. The van der Waals surface area contributed by atoms with E-state index in [4.69, 9.17) is 20.3 Å². The van der Waals surface area contributed by atoms with Gasteiger partial charge in [-0.1, -0.05) is 6.07 Å². The Morgan fingerprint density at radius 1 is 1.59 bits per heavy atom. The maximum absolute atomic E-state index is 10.9. The molecular formula is C12H15NO4. The summed E-state index contributed by atoms with van der Waals surface area (Å²) in [4.78, 5) is 10.9. The summed E-state index contributed by atoms with van der Waals surface area (Å²) in [5.74, 6) is -0.253. The van der Waals surface area contributed by atoms with Crippen molar-refractivity contribution in [3.63, 3.8) is 0 Å². The fourth-order valence-corrected chi connectivity index (χ4v) is 1.78. The average Bonchev–Trinajstić information content (AvgIpc) is 2.80. The SMILES string of the molecule is Nc1c(OCC2CCOC2)cccc1C(=O)O. The summed E-state index contributed by atoms with van der Waals surface area (Å²) in [5, 5.41) is 8.91. The second kappa shape index (κ2) is 5.05. The van der Waals surface area contributed by atoms with E-state index in [0.29, 0.717) is 24.9 Å². The number of carboxylic acids is 1. The van der Waals surface area contributed by atoms with Crippen molar-refractivity contribution in [2.45, 2.75) is 6.42 Å². The first-order valence-electron chi connectivity index (χ1n) is 5.51. The topological polar surface area (TPSA) is 81.8 Å². The van der Waals surface area contributed by atoms with Crippen molar-refractivity contribution in [2.75, 3.05) is 25.6 Å². The van der Waals surface area contributed by atoms with E-state index >= 15 is 0 Å². The van der Waals surface area contributed by atoms with Gasteiger partial charge in [-0.05, 0) is 18.6 Å². The number of para-hydroxylation sites is 1. The number of carboxylic acid groups (broad SMARTS) is 1. The molecule has 92 valence electrons. The third-order valence-electron chi connectivity index (χ3n) is 2.80. The zero-order chi connectivity index (χ0) is 12.3. The van der Waals surface area contributed by atoms with Crippen LogP contribution in [0.3, 0.4) is 0 Å². The van der Waals surface area contributed by atoms with E-state index in [9.17, 15) is 4.79 Å². The Bertz CT molecular complexity index is 413. The first-order chi connectivity index (χ1) is 8.18. The van der Waals surface area contributed by atoms with Crippen molar-refractivity contribution in [3.05, 3.63) is 23.8 Å². The number of anilines is 1. The standard InChI is InChI=1S/C12H15NO4/c13-11-9(12(14)15)2-1-3-10(11)17-7-8-4-5-16-6-8/h1-3,8H,4-7,13H2,(H,14,15). The van der Waals surface area contributed by atoms with Crippen LogP contribution < -0.4 is 10.5 Å². The van der Waals surface area contributed by atoms with Crippen LogP contribution in [0.15, 0.2) is 18.2 Å². The Balaban J connectivity index is 2.04. The van der Waals surface area contributed by atoms with Crippen LogP contribution in [-0.4, -0.2) is 30.9 Å². The number of hydrogen-bond acceptors (Lipinski definition) is 4. The Morgan fingerprint density at radius 2 is 2.41 bits per heavy atom. The van der Waals surface area contributed by atoms with Crippen molar-refractivity contribution >= 4 is 11.7 Å². The summed E-state index contributed by atoms with van der Waals surface area (Å²) in [6.45, 7) is 1.96. The van der Waals surface area contributed by atoms with Crippen LogP contribution in [0.2, 0.25) is 0 Å². The number of benzene rings is 1. The number of ether oxygens (including phenoxy) is 2. The molecule has 1 heterocycles. The first kappa shape index (κ1) is 11.7. The zero-order valence-corrected chi connectivity index (χ0v) is 9.39. The Labute approximate surface area is 99.1 Å². The van der Waals surface area contributed by atoms with Gasteiger partial charge in [0.25, 0.3) is 0 Å². The number of hydrogen-bond donors (Lipinski definition) is 2. The molecule has 0 aliphatic carbocycles. The van der Waals surface area contributed by atoms with Gasteiger partial charge < -0.3 is 20.3 Å². The second-order valence-electron chi connectivity index (χ2n) is 4.06. The van der Waals surface area contributed by atoms with Crippen LogP contribution in [0.5, 0.6) is 5.75 Å². The summed E-state index contributed by atoms with van der Waals surface area (Å²) in [7, 11) is 0. The van der Waals surface area contributed by atoms with Gasteiger partial charge >= 0.3 is 5.97 Å². The van der Waals surface area contributed by atoms with E-state index in [1.165, 1.54) is 6.07 Å². The summed E-state index contributed by atoms with van der Waals surface area (Å²) in [6.07, 6.45) is 0.971. The highest BCUT2D eigenvalue weighted by Crippen LogP contribution is 2.26.